The zero-order chi connectivity index (χ0) is 22.8. The summed E-state index contributed by atoms with van der Waals surface area (Å²) in [4.78, 5) is 29.6. The Balaban J connectivity index is 1.23. The Kier molecular flexibility index (Phi) is 5.69. The predicted octanol–water partition coefficient (Wildman–Crippen LogP) is 4.21. The molecule has 0 unspecified atom stereocenters. The minimum atomic E-state index is 0.167. The van der Waals surface area contributed by atoms with Gasteiger partial charge in [-0.3, -0.25) is 4.79 Å². The van der Waals surface area contributed by atoms with Crippen molar-refractivity contribution < 1.29 is 4.79 Å². The number of hydrogen-bond donors (Lipinski definition) is 2. The molecule has 168 valence electrons. The molecule has 1 saturated heterocycles. The van der Waals surface area contributed by atoms with Gasteiger partial charge >= 0.3 is 0 Å². The van der Waals surface area contributed by atoms with Gasteiger partial charge in [0.1, 0.15) is 17.5 Å². The molecule has 7 nitrogen and oxygen atoms in total. The average molecular weight is 441 g/mol. The van der Waals surface area contributed by atoms with E-state index in [4.69, 9.17) is 0 Å². The largest absolute Gasteiger partial charge is 0.361 e. The number of hydrogen-bond acceptors (Lipinski definition) is 5. The van der Waals surface area contributed by atoms with Crippen molar-refractivity contribution in [2.45, 2.75) is 20.3 Å². The number of carbonyl (C=O) groups excluding carboxylic acids is 1. The highest BCUT2D eigenvalue weighted by Crippen LogP contribution is 2.22. The number of aryl methyl sites for hydroxylation is 2. The van der Waals surface area contributed by atoms with E-state index in [1.54, 1.807) is 0 Å². The summed E-state index contributed by atoms with van der Waals surface area (Å²) in [7, 11) is 0. The van der Waals surface area contributed by atoms with E-state index in [2.05, 4.69) is 50.3 Å². The molecule has 0 saturated carbocycles. The molecule has 2 aromatic carbocycles. The van der Waals surface area contributed by atoms with E-state index in [0.717, 1.165) is 52.7 Å². The molecule has 1 aliphatic rings. The highest BCUT2D eigenvalue weighted by molar-refractivity contribution is 5.89. The van der Waals surface area contributed by atoms with Crippen LogP contribution in [-0.2, 0) is 11.2 Å². The zero-order valence-corrected chi connectivity index (χ0v) is 19.0. The van der Waals surface area contributed by atoms with Crippen molar-refractivity contribution in [3.63, 3.8) is 0 Å². The number of nitrogens with zero attached hydrogens (tertiary/aromatic N) is 4. The fraction of sp³-hybridized carbons (Fsp3) is 0.269. The van der Waals surface area contributed by atoms with E-state index in [9.17, 15) is 4.79 Å². The second kappa shape index (κ2) is 8.94. The first-order valence-electron chi connectivity index (χ1n) is 11.3. The Morgan fingerprint density at radius 1 is 1.00 bits per heavy atom. The quantitative estimate of drug-likeness (QED) is 0.486. The molecule has 0 spiro atoms. The van der Waals surface area contributed by atoms with Gasteiger partial charge in [-0.25, -0.2) is 9.97 Å². The molecule has 1 aliphatic heterocycles. The summed E-state index contributed by atoms with van der Waals surface area (Å²) in [6.07, 6.45) is 2.37. The molecule has 0 aliphatic carbocycles. The van der Waals surface area contributed by atoms with Crippen LogP contribution in [0.15, 0.2) is 60.8 Å². The van der Waals surface area contributed by atoms with Crippen molar-refractivity contribution >= 4 is 34.1 Å². The van der Waals surface area contributed by atoms with Crippen LogP contribution in [0.3, 0.4) is 0 Å². The van der Waals surface area contributed by atoms with Crippen LogP contribution < -0.4 is 10.2 Å². The van der Waals surface area contributed by atoms with Gasteiger partial charge in [-0.05, 0) is 37.6 Å². The van der Waals surface area contributed by atoms with Crippen LogP contribution in [0.5, 0.6) is 0 Å². The SMILES string of the molecule is Cc1ccc(Nc2cc(N3CCN(C(=O)Cc4c[nH]c5ccccc45)CC3)nc(C)n2)cc1. The van der Waals surface area contributed by atoms with Gasteiger partial charge in [0, 0.05) is 55.0 Å². The van der Waals surface area contributed by atoms with E-state index in [1.165, 1.54) is 5.56 Å². The number of nitrogens with one attached hydrogen (secondary N) is 2. The summed E-state index contributed by atoms with van der Waals surface area (Å²) in [5.74, 6) is 2.56. The number of para-hydroxylation sites is 1. The smallest absolute Gasteiger partial charge is 0.227 e. The van der Waals surface area contributed by atoms with Crippen LogP contribution in [0.2, 0.25) is 0 Å². The van der Waals surface area contributed by atoms with E-state index < -0.39 is 0 Å². The number of aromatic amines is 1. The van der Waals surface area contributed by atoms with Gasteiger partial charge in [0.25, 0.3) is 0 Å². The summed E-state index contributed by atoms with van der Waals surface area (Å²) < 4.78 is 0. The lowest BCUT2D eigenvalue weighted by Gasteiger charge is -2.35. The molecule has 7 heteroatoms. The Morgan fingerprint density at radius 2 is 1.76 bits per heavy atom. The second-order valence-corrected chi connectivity index (χ2v) is 8.55. The van der Waals surface area contributed by atoms with Gasteiger partial charge in [0.05, 0.1) is 6.42 Å². The first-order valence-corrected chi connectivity index (χ1v) is 11.3. The van der Waals surface area contributed by atoms with Crippen LogP contribution in [-0.4, -0.2) is 51.9 Å². The number of aromatic nitrogens is 3. The van der Waals surface area contributed by atoms with Crippen LogP contribution in [0, 0.1) is 13.8 Å². The lowest BCUT2D eigenvalue weighted by atomic mass is 10.1. The number of anilines is 3. The number of fused-ring (bicyclic) bond motifs is 1. The Hall–Kier alpha value is -3.87. The van der Waals surface area contributed by atoms with Crippen LogP contribution in [0.25, 0.3) is 10.9 Å². The highest BCUT2D eigenvalue weighted by atomic mass is 16.2. The van der Waals surface area contributed by atoms with Gasteiger partial charge in [-0.1, -0.05) is 35.9 Å². The number of benzene rings is 2. The molecule has 2 N–H and O–H groups in total. The Bertz CT molecular complexity index is 1270. The minimum Gasteiger partial charge on any atom is -0.361 e. The van der Waals surface area contributed by atoms with E-state index in [-0.39, 0.29) is 5.91 Å². The molecule has 1 amide bonds. The fourth-order valence-corrected chi connectivity index (χ4v) is 4.30. The van der Waals surface area contributed by atoms with Crippen molar-refractivity contribution in [1.82, 2.24) is 19.9 Å². The molecular weight excluding hydrogens is 412 g/mol. The maximum absolute atomic E-state index is 12.9. The summed E-state index contributed by atoms with van der Waals surface area (Å²) in [5.41, 5.74) is 4.34. The highest BCUT2D eigenvalue weighted by Gasteiger charge is 2.23. The van der Waals surface area contributed by atoms with Gasteiger partial charge in [0.2, 0.25) is 5.91 Å². The van der Waals surface area contributed by atoms with Crippen LogP contribution in [0.4, 0.5) is 17.3 Å². The standard InChI is InChI=1S/C26H28N6O/c1-18-7-9-21(10-8-18)30-24-16-25(29-19(2)28-24)31-11-13-32(14-12-31)26(33)15-20-17-27-23-6-4-3-5-22(20)23/h3-10,16-17,27H,11-15H2,1-2H3,(H,28,29,30). The summed E-state index contributed by atoms with van der Waals surface area (Å²) in [6.45, 7) is 6.85. The van der Waals surface area contributed by atoms with Crippen molar-refractivity contribution in [1.29, 1.82) is 0 Å². The number of amides is 1. The lowest BCUT2D eigenvalue weighted by molar-refractivity contribution is -0.130. The topological polar surface area (TPSA) is 77.1 Å². The molecule has 0 radical (unpaired) electrons. The summed E-state index contributed by atoms with van der Waals surface area (Å²) >= 11 is 0. The van der Waals surface area contributed by atoms with Crippen molar-refractivity contribution in [2.24, 2.45) is 0 Å². The normalized spacial score (nSPS) is 14.0. The van der Waals surface area contributed by atoms with Crippen molar-refractivity contribution in [2.75, 3.05) is 36.4 Å². The Morgan fingerprint density at radius 3 is 2.55 bits per heavy atom. The maximum atomic E-state index is 12.9. The molecule has 3 heterocycles. The van der Waals surface area contributed by atoms with E-state index in [0.29, 0.717) is 19.5 Å². The van der Waals surface area contributed by atoms with Gasteiger partial charge in [-0.2, -0.15) is 0 Å². The van der Waals surface area contributed by atoms with Gasteiger partial charge in [-0.15, -0.1) is 0 Å². The van der Waals surface area contributed by atoms with Crippen molar-refractivity contribution in [3.8, 4) is 0 Å². The summed E-state index contributed by atoms with van der Waals surface area (Å²) in [6, 6.07) is 18.3. The predicted molar refractivity (Wildman–Crippen MR) is 132 cm³/mol. The number of rotatable bonds is 5. The minimum absolute atomic E-state index is 0.167. The van der Waals surface area contributed by atoms with Crippen molar-refractivity contribution in [3.05, 3.63) is 77.7 Å². The lowest BCUT2D eigenvalue weighted by Crippen LogP contribution is -2.49. The number of H-pyrrole nitrogens is 1. The molecular formula is C26H28N6O. The third-order valence-corrected chi connectivity index (χ3v) is 6.12. The van der Waals surface area contributed by atoms with Crippen LogP contribution >= 0.6 is 0 Å². The fourth-order valence-electron chi connectivity index (χ4n) is 4.30. The monoisotopic (exact) mass is 440 g/mol. The molecule has 0 atom stereocenters. The molecule has 4 aromatic rings. The first kappa shape index (κ1) is 21.0. The van der Waals surface area contributed by atoms with E-state index >= 15 is 0 Å². The third kappa shape index (κ3) is 4.67. The average Bonchev–Trinajstić information content (AvgIpc) is 3.23. The van der Waals surface area contributed by atoms with E-state index in [1.807, 2.05) is 54.4 Å². The Labute approximate surface area is 193 Å². The third-order valence-electron chi connectivity index (χ3n) is 6.12. The van der Waals surface area contributed by atoms with Crippen LogP contribution in [0.1, 0.15) is 17.0 Å². The molecule has 0 bridgehead atoms. The number of carbonyl (C=O) groups is 1. The van der Waals surface area contributed by atoms with Gasteiger partial charge in [0.15, 0.2) is 0 Å². The number of piperazine rings is 1. The molecule has 5 rings (SSSR count). The van der Waals surface area contributed by atoms with Gasteiger partial charge < -0.3 is 20.1 Å². The molecule has 1 fully saturated rings. The first-order chi connectivity index (χ1) is 16.0. The molecule has 33 heavy (non-hydrogen) atoms. The summed E-state index contributed by atoms with van der Waals surface area (Å²) in [5, 5.41) is 4.49. The maximum Gasteiger partial charge on any atom is 0.227 e. The molecule has 2 aromatic heterocycles. The zero-order valence-electron chi connectivity index (χ0n) is 19.0. The second-order valence-electron chi connectivity index (χ2n) is 8.55.